The van der Waals surface area contributed by atoms with Crippen LogP contribution in [0.4, 0.5) is 0 Å². The number of methoxy groups -OCH3 is 1. The fourth-order valence-electron chi connectivity index (χ4n) is 1.75. The zero-order valence-electron chi connectivity index (χ0n) is 12.1. The van der Waals surface area contributed by atoms with Gasteiger partial charge in [-0.3, -0.25) is 9.59 Å². The number of nitrogens with one attached hydrogen (secondary N) is 1. The molecule has 0 radical (unpaired) electrons. The van der Waals surface area contributed by atoms with Crippen LogP contribution in [-0.2, 0) is 20.9 Å². The van der Waals surface area contributed by atoms with Gasteiger partial charge >= 0.3 is 0 Å². The summed E-state index contributed by atoms with van der Waals surface area (Å²) in [6.07, 6.45) is 0.302. The van der Waals surface area contributed by atoms with E-state index >= 15 is 0 Å². The van der Waals surface area contributed by atoms with Crippen molar-refractivity contribution in [3.63, 3.8) is 0 Å². The van der Waals surface area contributed by atoms with Gasteiger partial charge in [-0.15, -0.1) is 0 Å². The van der Waals surface area contributed by atoms with Gasteiger partial charge in [0.2, 0.25) is 11.8 Å². The predicted molar refractivity (Wildman–Crippen MR) is 77.0 cm³/mol. The van der Waals surface area contributed by atoms with E-state index in [2.05, 4.69) is 5.32 Å². The van der Waals surface area contributed by atoms with Crippen molar-refractivity contribution in [2.75, 3.05) is 26.8 Å². The SMILES string of the molecule is COCCN(CCC(=O)NCc1ccccc1)C(C)=O. The molecule has 0 spiro atoms. The van der Waals surface area contributed by atoms with Crippen LogP contribution in [0.3, 0.4) is 0 Å². The molecule has 0 aliphatic carbocycles. The Morgan fingerprint density at radius 2 is 1.90 bits per heavy atom. The second kappa shape index (κ2) is 9.09. The third-order valence-corrected chi connectivity index (χ3v) is 2.95. The van der Waals surface area contributed by atoms with Crippen molar-refractivity contribution < 1.29 is 14.3 Å². The van der Waals surface area contributed by atoms with E-state index in [1.54, 1.807) is 12.0 Å². The van der Waals surface area contributed by atoms with Gasteiger partial charge < -0.3 is 15.0 Å². The average Bonchev–Trinajstić information content (AvgIpc) is 2.46. The maximum absolute atomic E-state index is 11.7. The Hall–Kier alpha value is -1.88. The van der Waals surface area contributed by atoms with Gasteiger partial charge in [0.05, 0.1) is 6.61 Å². The highest BCUT2D eigenvalue weighted by Crippen LogP contribution is 1.98. The van der Waals surface area contributed by atoms with Crippen molar-refractivity contribution in [3.8, 4) is 0 Å². The Kier molecular flexibility index (Phi) is 7.35. The van der Waals surface area contributed by atoms with E-state index in [0.29, 0.717) is 32.7 Å². The van der Waals surface area contributed by atoms with Crippen LogP contribution < -0.4 is 5.32 Å². The molecule has 110 valence electrons. The number of ether oxygens (including phenoxy) is 1. The van der Waals surface area contributed by atoms with Crippen LogP contribution in [0.5, 0.6) is 0 Å². The van der Waals surface area contributed by atoms with E-state index < -0.39 is 0 Å². The fourth-order valence-corrected chi connectivity index (χ4v) is 1.75. The number of nitrogens with zero attached hydrogens (tertiary/aromatic N) is 1. The first-order chi connectivity index (χ1) is 9.63. The smallest absolute Gasteiger partial charge is 0.222 e. The predicted octanol–water partition coefficient (Wildman–Crippen LogP) is 1.19. The molecule has 1 N–H and O–H groups in total. The quantitative estimate of drug-likeness (QED) is 0.777. The van der Waals surface area contributed by atoms with Crippen molar-refractivity contribution in [2.45, 2.75) is 19.9 Å². The number of hydrogen-bond donors (Lipinski definition) is 1. The summed E-state index contributed by atoms with van der Waals surface area (Å²) < 4.78 is 4.94. The van der Waals surface area contributed by atoms with Gasteiger partial charge in [0, 0.05) is 40.1 Å². The van der Waals surface area contributed by atoms with Crippen LogP contribution in [0, 0.1) is 0 Å². The van der Waals surface area contributed by atoms with Gasteiger partial charge in [-0.1, -0.05) is 30.3 Å². The minimum absolute atomic E-state index is 0.0436. The van der Waals surface area contributed by atoms with E-state index in [4.69, 9.17) is 4.74 Å². The molecule has 0 bridgehead atoms. The Bertz CT molecular complexity index is 420. The molecule has 5 nitrogen and oxygen atoms in total. The molecule has 1 rings (SSSR count). The lowest BCUT2D eigenvalue weighted by molar-refractivity contribution is -0.130. The van der Waals surface area contributed by atoms with Crippen molar-refractivity contribution in [3.05, 3.63) is 35.9 Å². The third-order valence-electron chi connectivity index (χ3n) is 2.95. The summed E-state index contributed by atoms with van der Waals surface area (Å²) in [5, 5.41) is 2.84. The minimum atomic E-state index is -0.0579. The molecule has 0 atom stereocenters. The molecule has 5 heteroatoms. The molecule has 1 aromatic rings. The largest absolute Gasteiger partial charge is 0.383 e. The monoisotopic (exact) mass is 278 g/mol. The molecule has 20 heavy (non-hydrogen) atoms. The standard InChI is InChI=1S/C15H22N2O3/c1-13(18)17(10-11-20-2)9-8-15(19)16-12-14-6-4-3-5-7-14/h3-7H,8-12H2,1-2H3,(H,16,19). The number of carbonyl (C=O) groups excluding carboxylic acids is 2. The first-order valence-corrected chi connectivity index (χ1v) is 6.68. The molecule has 0 saturated carbocycles. The first-order valence-electron chi connectivity index (χ1n) is 6.68. The Balaban J connectivity index is 2.29. The van der Waals surface area contributed by atoms with Crippen molar-refractivity contribution in [1.29, 1.82) is 0 Å². The second-order valence-corrected chi connectivity index (χ2v) is 4.51. The highest BCUT2D eigenvalue weighted by Gasteiger charge is 2.10. The summed E-state index contributed by atoms with van der Waals surface area (Å²) >= 11 is 0. The Morgan fingerprint density at radius 3 is 2.50 bits per heavy atom. The van der Waals surface area contributed by atoms with Crippen molar-refractivity contribution >= 4 is 11.8 Å². The zero-order valence-corrected chi connectivity index (χ0v) is 12.1. The Morgan fingerprint density at radius 1 is 1.20 bits per heavy atom. The molecule has 2 amide bonds. The summed E-state index contributed by atoms with van der Waals surface area (Å²) in [5.41, 5.74) is 1.06. The first kappa shape index (κ1) is 16.2. The minimum Gasteiger partial charge on any atom is -0.383 e. The third kappa shape index (κ3) is 6.33. The molecule has 0 unspecified atom stereocenters. The van der Waals surface area contributed by atoms with Crippen LogP contribution in [0.15, 0.2) is 30.3 Å². The van der Waals surface area contributed by atoms with Gasteiger partial charge in [-0.2, -0.15) is 0 Å². The lowest BCUT2D eigenvalue weighted by Gasteiger charge is -2.20. The number of benzene rings is 1. The van der Waals surface area contributed by atoms with E-state index in [0.717, 1.165) is 5.56 Å². The summed E-state index contributed by atoms with van der Waals surface area (Å²) in [6, 6.07) is 9.72. The van der Waals surface area contributed by atoms with E-state index in [1.165, 1.54) is 6.92 Å². The lowest BCUT2D eigenvalue weighted by atomic mass is 10.2. The Labute approximate surface area is 119 Å². The number of carbonyl (C=O) groups is 2. The van der Waals surface area contributed by atoms with Gasteiger partial charge in [-0.05, 0) is 5.56 Å². The molecule has 0 aliphatic heterocycles. The van der Waals surface area contributed by atoms with Crippen LogP contribution in [0.1, 0.15) is 18.9 Å². The van der Waals surface area contributed by atoms with Crippen LogP contribution in [0.2, 0.25) is 0 Å². The number of rotatable bonds is 8. The topological polar surface area (TPSA) is 58.6 Å². The van der Waals surface area contributed by atoms with Crippen molar-refractivity contribution in [1.82, 2.24) is 10.2 Å². The zero-order chi connectivity index (χ0) is 14.8. The molecule has 0 saturated heterocycles. The van der Waals surface area contributed by atoms with Gasteiger partial charge in [0.25, 0.3) is 0 Å². The van der Waals surface area contributed by atoms with Gasteiger partial charge in [-0.25, -0.2) is 0 Å². The van der Waals surface area contributed by atoms with Gasteiger partial charge in [0.15, 0.2) is 0 Å². The van der Waals surface area contributed by atoms with E-state index in [-0.39, 0.29) is 11.8 Å². The average molecular weight is 278 g/mol. The molecular formula is C15H22N2O3. The molecule has 0 aromatic heterocycles. The maximum Gasteiger partial charge on any atom is 0.222 e. The van der Waals surface area contributed by atoms with Crippen LogP contribution >= 0.6 is 0 Å². The number of hydrogen-bond acceptors (Lipinski definition) is 3. The summed E-state index contributed by atoms with van der Waals surface area (Å²) in [7, 11) is 1.59. The van der Waals surface area contributed by atoms with Crippen LogP contribution in [-0.4, -0.2) is 43.5 Å². The highest BCUT2D eigenvalue weighted by molar-refractivity contribution is 5.78. The summed E-state index contributed by atoms with van der Waals surface area (Å²) in [5.74, 6) is -0.101. The highest BCUT2D eigenvalue weighted by atomic mass is 16.5. The molecule has 0 heterocycles. The lowest BCUT2D eigenvalue weighted by Crippen LogP contribution is -2.35. The van der Waals surface area contributed by atoms with E-state index in [1.807, 2.05) is 30.3 Å². The summed E-state index contributed by atoms with van der Waals surface area (Å²) in [6.45, 7) is 3.41. The molecule has 0 aliphatic rings. The summed E-state index contributed by atoms with van der Waals surface area (Å²) in [4.78, 5) is 24.7. The second-order valence-electron chi connectivity index (χ2n) is 4.51. The fraction of sp³-hybridized carbons (Fsp3) is 0.467. The molecule has 0 fully saturated rings. The normalized spacial score (nSPS) is 10.1. The van der Waals surface area contributed by atoms with Gasteiger partial charge in [0.1, 0.15) is 0 Å². The van der Waals surface area contributed by atoms with E-state index in [9.17, 15) is 9.59 Å². The molecular weight excluding hydrogens is 256 g/mol. The van der Waals surface area contributed by atoms with Crippen LogP contribution in [0.25, 0.3) is 0 Å². The number of amides is 2. The maximum atomic E-state index is 11.7. The van der Waals surface area contributed by atoms with Crippen molar-refractivity contribution in [2.24, 2.45) is 0 Å². The molecule has 1 aromatic carbocycles.